The number of fused-ring (bicyclic) bond motifs is 1. The standard InChI is InChI=1S/C17H14N4O2/c18-15(22)6-7-16(23)21-14-10-20-17-13(14)8-12(9-19-17)11-4-2-1-3-5-11/h1-10H,(H2,18,22)(H,19,20)(H,21,23). The minimum absolute atomic E-state index is 0.435. The van der Waals surface area contributed by atoms with Crippen LogP contribution in [0.1, 0.15) is 0 Å². The molecule has 3 aromatic rings. The van der Waals surface area contributed by atoms with Crippen molar-refractivity contribution in [2.45, 2.75) is 0 Å². The number of primary amides is 1. The van der Waals surface area contributed by atoms with E-state index >= 15 is 0 Å². The van der Waals surface area contributed by atoms with Crippen molar-refractivity contribution in [3.8, 4) is 11.1 Å². The molecule has 0 unspecified atom stereocenters. The highest BCUT2D eigenvalue weighted by atomic mass is 16.2. The molecule has 0 bridgehead atoms. The smallest absolute Gasteiger partial charge is 0.248 e. The number of rotatable bonds is 4. The van der Waals surface area contributed by atoms with Crippen LogP contribution >= 0.6 is 0 Å². The van der Waals surface area contributed by atoms with E-state index < -0.39 is 11.8 Å². The molecule has 3 rings (SSSR count). The lowest BCUT2D eigenvalue weighted by Gasteiger charge is -2.03. The van der Waals surface area contributed by atoms with Crippen molar-refractivity contribution in [1.29, 1.82) is 0 Å². The number of aromatic amines is 1. The Balaban J connectivity index is 1.93. The predicted molar refractivity (Wildman–Crippen MR) is 88.5 cm³/mol. The summed E-state index contributed by atoms with van der Waals surface area (Å²) < 4.78 is 0. The molecule has 114 valence electrons. The van der Waals surface area contributed by atoms with E-state index in [9.17, 15) is 9.59 Å². The summed E-state index contributed by atoms with van der Waals surface area (Å²) in [4.78, 5) is 29.8. The zero-order chi connectivity index (χ0) is 16.2. The third-order valence-electron chi connectivity index (χ3n) is 3.30. The molecule has 0 aliphatic heterocycles. The average molecular weight is 306 g/mol. The summed E-state index contributed by atoms with van der Waals surface area (Å²) >= 11 is 0. The van der Waals surface area contributed by atoms with Crippen molar-refractivity contribution in [1.82, 2.24) is 9.97 Å². The quantitative estimate of drug-likeness (QED) is 0.644. The van der Waals surface area contributed by atoms with Crippen LogP contribution < -0.4 is 11.1 Å². The zero-order valence-electron chi connectivity index (χ0n) is 12.1. The number of carbonyl (C=O) groups is 2. The second-order valence-corrected chi connectivity index (χ2v) is 4.91. The highest BCUT2D eigenvalue weighted by molar-refractivity contribution is 6.07. The van der Waals surface area contributed by atoms with Crippen molar-refractivity contribution in [3.63, 3.8) is 0 Å². The molecule has 1 aromatic carbocycles. The lowest BCUT2D eigenvalue weighted by Crippen LogP contribution is -2.11. The molecular weight excluding hydrogens is 292 g/mol. The van der Waals surface area contributed by atoms with Crippen LogP contribution in [-0.4, -0.2) is 21.8 Å². The van der Waals surface area contributed by atoms with Crippen molar-refractivity contribution in [2.75, 3.05) is 5.32 Å². The highest BCUT2D eigenvalue weighted by Crippen LogP contribution is 2.27. The van der Waals surface area contributed by atoms with Gasteiger partial charge in [0.2, 0.25) is 11.8 Å². The molecule has 2 heterocycles. The Labute approximate surface area is 132 Å². The average Bonchev–Trinajstić information content (AvgIpc) is 2.96. The molecule has 0 fully saturated rings. The topological polar surface area (TPSA) is 101 Å². The number of H-pyrrole nitrogens is 1. The summed E-state index contributed by atoms with van der Waals surface area (Å²) in [5.41, 5.74) is 8.20. The summed E-state index contributed by atoms with van der Waals surface area (Å²) in [6, 6.07) is 11.8. The van der Waals surface area contributed by atoms with Crippen molar-refractivity contribution in [2.24, 2.45) is 5.73 Å². The van der Waals surface area contributed by atoms with Gasteiger partial charge in [0.05, 0.1) is 5.69 Å². The Morgan fingerprint density at radius 3 is 2.65 bits per heavy atom. The maximum absolute atomic E-state index is 11.8. The molecule has 0 atom stereocenters. The molecule has 0 saturated heterocycles. The number of carbonyl (C=O) groups excluding carboxylic acids is 2. The van der Waals surface area contributed by atoms with Crippen molar-refractivity contribution >= 4 is 28.5 Å². The minimum atomic E-state index is -0.674. The minimum Gasteiger partial charge on any atom is -0.366 e. The van der Waals surface area contributed by atoms with E-state index in [2.05, 4.69) is 15.3 Å². The van der Waals surface area contributed by atoms with Crippen LogP contribution in [-0.2, 0) is 9.59 Å². The van der Waals surface area contributed by atoms with E-state index in [1.807, 2.05) is 36.4 Å². The molecule has 0 aliphatic carbocycles. The summed E-state index contributed by atoms with van der Waals surface area (Å²) in [5, 5.41) is 3.48. The van der Waals surface area contributed by atoms with Gasteiger partial charge in [0.15, 0.2) is 0 Å². The monoisotopic (exact) mass is 306 g/mol. The predicted octanol–water partition coefficient (Wildman–Crippen LogP) is 2.21. The van der Waals surface area contributed by atoms with E-state index in [1.165, 1.54) is 0 Å². The van der Waals surface area contributed by atoms with E-state index in [4.69, 9.17) is 5.73 Å². The molecule has 0 aliphatic rings. The second-order valence-electron chi connectivity index (χ2n) is 4.91. The van der Waals surface area contributed by atoms with E-state index in [0.717, 1.165) is 28.7 Å². The number of hydrogen-bond donors (Lipinski definition) is 3. The van der Waals surface area contributed by atoms with Crippen molar-refractivity contribution in [3.05, 3.63) is 60.9 Å². The fourth-order valence-electron chi connectivity index (χ4n) is 2.23. The number of anilines is 1. The second kappa shape index (κ2) is 6.15. The molecule has 0 spiro atoms. The SMILES string of the molecule is NC(=O)C=CC(=O)Nc1c[nH]c2ncc(-c3ccccc3)cc12. The summed E-state index contributed by atoms with van der Waals surface area (Å²) in [5.74, 6) is -1.11. The lowest BCUT2D eigenvalue weighted by molar-refractivity contribution is -0.115. The molecule has 2 amide bonds. The number of amides is 2. The molecule has 0 saturated carbocycles. The molecule has 2 aromatic heterocycles. The number of benzene rings is 1. The van der Waals surface area contributed by atoms with Gasteiger partial charge in [-0.05, 0) is 11.6 Å². The molecule has 6 nitrogen and oxygen atoms in total. The number of nitrogens with one attached hydrogen (secondary N) is 2. The third-order valence-corrected chi connectivity index (χ3v) is 3.30. The van der Waals surface area contributed by atoms with Crippen LogP contribution in [0.5, 0.6) is 0 Å². The number of nitrogens with two attached hydrogens (primary N) is 1. The Morgan fingerprint density at radius 1 is 1.13 bits per heavy atom. The molecule has 4 N–H and O–H groups in total. The van der Waals surface area contributed by atoms with E-state index in [0.29, 0.717) is 11.3 Å². The highest BCUT2D eigenvalue weighted by Gasteiger charge is 2.08. The Kier molecular flexibility index (Phi) is 3.88. The van der Waals surface area contributed by atoms with Gasteiger partial charge in [-0.3, -0.25) is 9.59 Å². The zero-order valence-corrected chi connectivity index (χ0v) is 12.1. The first-order valence-electron chi connectivity index (χ1n) is 6.94. The largest absolute Gasteiger partial charge is 0.366 e. The van der Waals surface area contributed by atoms with Gasteiger partial charge in [-0.25, -0.2) is 4.98 Å². The van der Waals surface area contributed by atoms with Gasteiger partial charge in [0.1, 0.15) is 5.65 Å². The van der Waals surface area contributed by atoms with E-state index in [-0.39, 0.29) is 0 Å². The van der Waals surface area contributed by atoms with Crippen LogP contribution in [0.3, 0.4) is 0 Å². The summed E-state index contributed by atoms with van der Waals surface area (Å²) in [6.07, 6.45) is 5.53. The first kappa shape index (κ1) is 14.5. The Bertz CT molecular complexity index is 897. The fourth-order valence-corrected chi connectivity index (χ4v) is 2.23. The lowest BCUT2D eigenvalue weighted by atomic mass is 10.1. The van der Waals surface area contributed by atoms with Crippen LogP contribution in [0.2, 0.25) is 0 Å². The first-order chi connectivity index (χ1) is 11.1. The van der Waals surface area contributed by atoms with Gasteiger partial charge in [-0.1, -0.05) is 30.3 Å². The number of aromatic nitrogens is 2. The van der Waals surface area contributed by atoms with Gasteiger partial charge in [0.25, 0.3) is 0 Å². The van der Waals surface area contributed by atoms with Crippen LogP contribution in [0.4, 0.5) is 5.69 Å². The maximum Gasteiger partial charge on any atom is 0.248 e. The van der Waals surface area contributed by atoms with Gasteiger partial charge in [-0.15, -0.1) is 0 Å². The molecule has 23 heavy (non-hydrogen) atoms. The van der Waals surface area contributed by atoms with Gasteiger partial charge in [0, 0.05) is 35.5 Å². The fraction of sp³-hybridized carbons (Fsp3) is 0. The van der Waals surface area contributed by atoms with Crippen LogP contribution in [0.25, 0.3) is 22.2 Å². The molecule has 6 heteroatoms. The van der Waals surface area contributed by atoms with Gasteiger partial charge < -0.3 is 16.0 Å². The van der Waals surface area contributed by atoms with Gasteiger partial charge >= 0.3 is 0 Å². The molecular formula is C17H14N4O2. The Morgan fingerprint density at radius 2 is 1.91 bits per heavy atom. The maximum atomic E-state index is 11.8. The summed E-state index contributed by atoms with van der Waals surface area (Å²) in [6.45, 7) is 0. The van der Waals surface area contributed by atoms with Crippen LogP contribution in [0, 0.1) is 0 Å². The first-order valence-corrected chi connectivity index (χ1v) is 6.94. The molecule has 0 radical (unpaired) electrons. The summed E-state index contributed by atoms with van der Waals surface area (Å²) in [7, 11) is 0. The van der Waals surface area contributed by atoms with Gasteiger partial charge in [-0.2, -0.15) is 0 Å². The third kappa shape index (κ3) is 3.26. The number of hydrogen-bond acceptors (Lipinski definition) is 3. The van der Waals surface area contributed by atoms with Crippen LogP contribution in [0.15, 0.2) is 60.9 Å². The normalized spacial score (nSPS) is 11.0. The Hall–Kier alpha value is -3.41. The number of nitrogens with zero attached hydrogens (tertiary/aromatic N) is 1. The van der Waals surface area contributed by atoms with Crippen molar-refractivity contribution < 1.29 is 9.59 Å². The number of pyridine rings is 1. The van der Waals surface area contributed by atoms with E-state index in [1.54, 1.807) is 12.4 Å².